The lowest BCUT2D eigenvalue weighted by atomic mass is 10.1. The van der Waals surface area contributed by atoms with Crippen molar-refractivity contribution in [3.63, 3.8) is 0 Å². The fourth-order valence-corrected chi connectivity index (χ4v) is 1.83. The van der Waals surface area contributed by atoms with Gasteiger partial charge in [-0.3, -0.25) is 0 Å². The van der Waals surface area contributed by atoms with Crippen LogP contribution in [-0.2, 0) is 0 Å². The first-order valence-corrected chi connectivity index (χ1v) is 5.51. The number of aromatic nitrogens is 3. The van der Waals surface area contributed by atoms with Crippen molar-refractivity contribution >= 4 is 28.4 Å². The highest BCUT2D eigenvalue weighted by Gasteiger charge is 2.14. The van der Waals surface area contributed by atoms with Crippen molar-refractivity contribution in [2.75, 3.05) is 0 Å². The van der Waals surface area contributed by atoms with Gasteiger partial charge < -0.3 is 5.32 Å². The van der Waals surface area contributed by atoms with Crippen molar-refractivity contribution in [3.8, 4) is 0 Å². The van der Waals surface area contributed by atoms with E-state index in [0.717, 1.165) is 11.0 Å². The lowest BCUT2D eigenvalue weighted by Crippen LogP contribution is -2.43. The zero-order chi connectivity index (χ0) is 11.8. The van der Waals surface area contributed by atoms with Gasteiger partial charge in [-0.15, -0.1) is 5.10 Å². The van der Waals surface area contributed by atoms with Crippen LogP contribution >= 0.6 is 12.2 Å². The minimum atomic E-state index is -0.0792. The molecule has 2 rings (SSSR count). The molecule has 2 aromatic rings. The van der Waals surface area contributed by atoms with Crippen LogP contribution in [0.25, 0.3) is 11.0 Å². The smallest absolute Gasteiger partial charge is 0.196 e. The number of nitrogens with zero attached hydrogens (tertiary/aromatic N) is 3. The standard InChI is InChI=1S/C11H14N4S/c1-11(2,3)12-10(16)15-9-7-5-4-6-8(9)13-14-15/h4-7H,1-3H3,(H,12,16). The second-order valence-corrected chi connectivity index (χ2v) is 5.06. The average molecular weight is 234 g/mol. The lowest BCUT2D eigenvalue weighted by Gasteiger charge is -2.22. The summed E-state index contributed by atoms with van der Waals surface area (Å²) in [6, 6.07) is 7.74. The topological polar surface area (TPSA) is 42.7 Å². The van der Waals surface area contributed by atoms with E-state index in [1.165, 1.54) is 0 Å². The number of rotatable bonds is 0. The normalized spacial score (nSPS) is 11.7. The van der Waals surface area contributed by atoms with E-state index in [4.69, 9.17) is 12.2 Å². The van der Waals surface area contributed by atoms with Gasteiger partial charge in [0, 0.05) is 5.54 Å². The molecular weight excluding hydrogens is 220 g/mol. The maximum atomic E-state index is 5.30. The molecule has 1 aromatic carbocycles. The molecule has 0 aliphatic heterocycles. The Labute approximate surface area is 99.6 Å². The van der Waals surface area contributed by atoms with Gasteiger partial charge in [0.2, 0.25) is 0 Å². The second-order valence-electron chi connectivity index (χ2n) is 4.67. The fourth-order valence-electron chi connectivity index (χ4n) is 1.39. The Balaban J connectivity index is 2.37. The molecule has 1 N–H and O–H groups in total. The van der Waals surface area contributed by atoms with E-state index >= 15 is 0 Å². The van der Waals surface area contributed by atoms with Crippen LogP contribution in [0.15, 0.2) is 24.3 Å². The highest BCUT2D eigenvalue weighted by molar-refractivity contribution is 7.80. The Kier molecular flexibility index (Phi) is 2.63. The van der Waals surface area contributed by atoms with Crippen LogP contribution in [0.3, 0.4) is 0 Å². The summed E-state index contributed by atoms with van der Waals surface area (Å²) in [5.74, 6) is 0. The van der Waals surface area contributed by atoms with Gasteiger partial charge in [0.05, 0.1) is 5.52 Å². The van der Waals surface area contributed by atoms with Gasteiger partial charge >= 0.3 is 0 Å². The van der Waals surface area contributed by atoms with E-state index in [9.17, 15) is 0 Å². The monoisotopic (exact) mass is 234 g/mol. The largest absolute Gasteiger partial charge is 0.356 e. The Morgan fingerprint density at radius 1 is 1.31 bits per heavy atom. The Morgan fingerprint density at radius 2 is 2.00 bits per heavy atom. The summed E-state index contributed by atoms with van der Waals surface area (Å²) in [6.07, 6.45) is 0. The van der Waals surface area contributed by atoms with E-state index in [1.54, 1.807) is 4.68 Å². The van der Waals surface area contributed by atoms with Crippen LogP contribution in [0.1, 0.15) is 20.8 Å². The molecule has 84 valence electrons. The van der Waals surface area contributed by atoms with Gasteiger partial charge in [0.15, 0.2) is 5.11 Å². The maximum Gasteiger partial charge on any atom is 0.196 e. The minimum Gasteiger partial charge on any atom is -0.356 e. The summed E-state index contributed by atoms with van der Waals surface area (Å²) in [7, 11) is 0. The van der Waals surface area contributed by atoms with E-state index in [0.29, 0.717) is 5.11 Å². The molecule has 0 spiro atoms. The molecule has 1 aromatic heterocycles. The molecule has 0 aliphatic rings. The van der Waals surface area contributed by atoms with Gasteiger partial charge in [0.1, 0.15) is 5.52 Å². The Morgan fingerprint density at radius 3 is 2.69 bits per heavy atom. The number of fused-ring (bicyclic) bond motifs is 1. The van der Waals surface area contributed by atoms with Crippen LogP contribution in [0.5, 0.6) is 0 Å². The lowest BCUT2D eigenvalue weighted by molar-refractivity contribution is 0.506. The number of hydrogen-bond donors (Lipinski definition) is 1. The maximum absolute atomic E-state index is 5.30. The average Bonchev–Trinajstić information content (AvgIpc) is 2.58. The van der Waals surface area contributed by atoms with E-state index in [1.807, 2.05) is 24.3 Å². The fraction of sp³-hybridized carbons (Fsp3) is 0.364. The molecule has 0 saturated carbocycles. The van der Waals surface area contributed by atoms with Gasteiger partial charge in [-0.1, -0.05) is 17.3 Å². The third kappa shape index (κ3) is 2.19. The first kappa shape index (κ1) is 11.0. The Bertz CT molecular complexity index is 524. The third-order valence-electron chi connectivity index (χ3n) is 2.03. The molecule has 0 fully saturated rings. The number of hydrogen-bond acceptors (Lipinski definition) is 3. The second kappa shape index (κ2) is 3.83. The van der Waals surface area contributed by atoms with E-state index in [-0.39, 0.29) is 5.54 Å². The zero-order valence-corrected chi connectivity index (χ0v) is 10.4. The van der Waals surface area contributed by atoms with Crippen LogP contribution in [0.2, 0.25) is 0 Å². The number of para-hydroxylation sites is 1. The summed E-state index contributed by atoms with van der Waals surface area (Å²) >= 11 is 5.30. The summed E-state index contributed by atoms with van der Waals surface area (Å²) in [4.78, 5) is 0. The van der Waals surface area contributed by atoms with Crippen molar-refractivity contribution in [2.24, 2.45) is 0 Å². The number of benzene rings is 1. The summed E-state index contributed by atoms with van der Waals surface area (Å²) in [6.45, 7) is 6.16. The molecule has 5 heteroatoms. The van der Waals surface area contributed by atoms with Crippen LogP contribution in [0.4, 0.5) is 0 Å². The number of thiocarbonyl (C=S) groups is 1. The third-order valence-corrected chi connectivity index (χ3v) is 2.30. The van der Waals surface area contributed by atoms with Crippen molar-refractivity contribution in [1.29, 1.82) is 0 Å². The molecule has 16 heavy (non-hydrogen) atoms. The Hall–Kier alpha value is -1.49. The first-order valence-electron chi connectivity index (χ1n) is 5.10. The summed E-state index contributed by atoms with van der Waals surface area (Å²) in [5.41, 5.74) is 1.69. The molecule has 0 saturated heterocycles. The van der Waals surface area contributed by atoms with Crippen LogP contribution < -0.4 is 5.32 Å². The van der Waals surface area contributed by atoms with Gasteiger partial charge in [0.25, 0.3) is 0 Å². The van der Waals surface area contributed by atoms with Crippen molar-refractivity contribution in [3.05, 3.63) is 24.3 Å². The predicted molar refractivity (Wildman–Crippen MR) is 68.4 cm³/mol. The highest BCUT2D eigenvalue weighted by atomic mass is 32.1. The van der Waals surface area contributed by atoms with Crippen molar-refractivity contribution in [2.45, 2.75) is 26.3 Å². The first-order chi connectivity index (χ1) is 7.47. The minimum absolute atomic E-state index is 0.0792. The van der Waals surface area contributed by atoms with E-state index in [2.05, 4.69) is 36.4 Å². The summed E-state index contributed by atoms with van der Waals surface area (Å²) < 4.78 is 1.65. The molecular formula is C11H14N4S. The van der Waals surface area contributed by atoms with Gasteiger partial charge in [-0.05, 0) is 45.1 Å². The number of nitrogens with one attached hydrogen (secondary N) is 1. The van der Waals surface area contributed by atoms with Gasteiger partial charge in [-0.25, -0.2) is 0 Å². The molecule has 0 unspecified atom stereocenters. The van der Waals surface area contributed by atoms with Crippen LogP contribution in [-0.4, -0.2) is 25.6 Å². The molecule has 4 nitrogen and oxygen atoms in total. The SMILES string of the molecule is CC(C)(C)NC(=S)n1nnc2ccccc21. The van der Waals surface area contributed by atoms with Crippen LogP contribution in [0, 0.1) is 0 Å². The van der Waals surface area contributed by atoms with Gasteiger partial charge in [-0.2, -0.15) is 4.68 Å². The highest BCUT2D eigenvalue weighted by Crippen LogP contribution is 2.10. The molecule has 1 heterocycles. The molecule has 0 radical (unpaired) electrons. The quantitative estimate of drug-likeness (QED) is 0.708. The zero-order valence-electron chi connectivity index (χ0n) is 9.56. The molecule has 0 atom stereocenters. The molecule has 0 amide bonds. The van der Waals surface area contributed by atoms with E-state index < -0.39 is 0 Å². The predicted octanol–water partition coefficient (Wildman–Crippen LogP) is 1.95. The molecule has 0 aliphatic carbocycles. The van der Waals surface area contributed by atoms with Crippen molar-refractivity contribution in [1.82, 2.24) is 20.3 Å². The molecule has 0 bridgehead atoms. The summed E-state index contributed by atoms with van der Waals surface area (Å²) in [5, 5.41) is 11.9. The van der Waals surface area contributed by atoms with Crippen molar-refractivity contribution < 1.29 is 0 Å².